The molecule has 4 rings (SSSR count). The number of aliphatic hydroxyl groups excluding tert-OH is 1. The number of ether oxygens (including phenoxy) is 1. The van der Waals surface area contributed by atoms with Crippen LogP contribution in [0, 0.1) is 0 Å². The highest BCUT2D eigenvalue weighted by Gasteiger charge is 2.25. The van der Waals surface area contributed by atoms with Crippen LogP contribution in [-0.4, -0.2) is 40.8 Å². The Hall–Kier alpha value is -3.61. The fourth-order valence-corrected chi connectivity index (χ4v) is 3.76. The average molecular weight is 458 g/mol. The number of H-pyrrole nitrogens is 1. The van der Waals surface area contributed by atoms with Crippen molar-refractivity contribution in [3.05, 3.63) is 90.6 Å². The number of amides is 1. The van der Waals surface area contributed by atoms with Gasteiger partial charge >= 0.3 is 0 Å². The molecule has 0 saturated heterocycles. The van der Waals surface area contributed by atoms with Crippen molar-refractivity contribution in [2.75, 3.05) is 18.1 Å². The smallest absolute Gasteiger partial charge is 0.262 e. The quantitative estimate of drug-likeness (QED) is 0.337. The monoisotopic (exact) mass is 457 g/mol. The van der Waals surface area contributed by atoms with Gasteiger partial charge in [-0.1, -0.05) is 36.4 Å². The summed E-state index contributed by atoms with van der Waals surface area (Å²) in [6.07, 6.45) is 1.17. The molecule has 6 heteroatoms. The third-order valence-corrected chi connectivity index (χ3v) is 5.44. The lowest BCUT2D eigenvalue weighted by molar-refractivity contribution is 0.0981. The molecule has 1 unspecified atom stereocenters. The molecule has 34 heavy (non-hydrogen) atoms. The summed E-state index contributed by atoms with van der Waals surface area (Å²) in [6, 6.07) is 24.4. The van der Waals surface area contributed by atoms with Crippen molar-refractivity contribution in [3.8, 4) is 5.75 Å². The first-order chi connectivity index (χ1) is 16.3. The van der Waals surface area contributed by atoms with Crippen molar-refractivity contribution < 1.29 is 14.6 Å². The molecule has 0 saturated carbocycles. The molecule has 3 N–H and O–H groups in total. The fraction of sp³-hybridized carbons (Fsp3) is 0.250. The number of nitrogens with zero attached hydrogens (tertiary/aromatic N) is 1. The summed E-state index contributed by atoms with van der Waals surface area (Å²) in [6.45, 7) is 6.64. The van der Waals surface area contributed by atoms with E-state index in [1.54, 1.807) is 17.0 Å². The van der Waals surface area contributed by atoms with Gasteiger partial charge in [-0.15, -0.1) is 0 Å². The van der Waals surface area contributed by atoms with Crippen LogP contribution in [0.15, 0.2) is 85.1 Å². The van der Waals surface area contributed by atoms with Gasteiger partial charge in [-0.05, 0) is 63.2 Å². The third-order valence-electron chi connectivity index (χ3n) is 5.44. The number of carbonyl (C=O) groups excluding carboxylic acids is 1. The van der Waals surface area contributed by atoms with E-state index in [-0.39, 0.29) is 18.1 Å². The average Bonchev–Trinajstić information content (AvgIpc) is 3.32. The van der Waals surface area contributed by atoms with Crippen LogP contribution in [-0.2, 0) is 0 Å². The van der Waals surface area contributed by atoms with Gasteiger partial charge in [0.15, 0.2) is 0 Å². The van der Waals surface area contributed by atoms with Crippen LogP contribution in [0.25, 0.3) is 10.9 Å². The molecule has 0 radical (unpaired) electrons. The number of β-amino-alcohol motifs (C(OH)–C–C–N with tert-alkyl or cyclic N) is 1. The van der Waals surface area contributed by atoms with E-state index >= 15 is 0 Å². The first-order valence-corrected chi connectivity index (χ1v) is 11.4. The molecule has 0 aliphatic carbocycles. The lowest BCUT2D eigenvalue weighted by Gasteiger charge is -2.27. The Morgan fingerprint density at radius 2 is 1.68 bits per heavy atom. The second-order valence-electron chi connectivity index (χ2n) is 9.29. The molecular formula is C28H31N3O3. The Bertz CT molecular complexity index is 1240. The zero-order chi connectivity index (χ0) is 24.1. The van der Waals surface area contributed by atoms with E-state index in [1.165, 1.54) is 0 Å². The van der Waals surface area contributed by atoms with Crippen LogP contribution in [0.2, 0.25) is 0 Å². The minimum absolute atomic E-state index is 0.0990. The highest BCUT2D eigenvalue weighted by Crippen LogP contribution is 2.38. The number of rotatable bonds is 8. The Kier molecular flexibility index (Phi) is 7.01. The molecule has 4 aromatic rings. The lowest BCUT2D eigenvalue weighted by atomic mass is 10.1. The van der Waals surface area contributed by atoms with Crippen molar-refractivity contribution in [3.63, 3.8) is 0 Å². The number of benzene rings is 3. The van der Waals surface area contributed by atoms with Crippen molar-refractivity contribution in [1.82, 2.24) is 10.3 Å². The van der Waals surface area contributed by atoms with Gasteiger partial charge in [0.1, 0.15) is 18.5 Å². The third kappa shape index (κ3) is 5.47. The molecular weight excluding hydrogens is 426 g/mol. The highest BCUT2D eigenvalue weighted by molar-refractivity contribution is 6.15. The summed E-state index contributed by atoms with van der Waals surface area (Å²) in [5, 5.41) is 14.7. The molecule has 3 aromatic carbocycles. The van der Waals surface area contributed by atoms with Crippen LogP contribution in [0.5, 0.6) is 5.75 Å². The van der Waals surface area contributed by atoms with Crippen molar-refractivity contribution in [2.24, 2.45) is 0 Å². The van der Waals surface area contributed by atoms with E-state index in [4.69, 9.17) is 4.74 Å². The number of hydrogen-bond acceptors (Lipinski definition) is 4. The summed E-state index contributed by atoms with van der Waals surface area (Å²) in [4.78, 5) is 18.7. The first kappa shape index (κ1) is 23.5. The van der Waals surface area contributed by atoms with Gasteiger partial charge < -0.3 is 20.1 Å². The van der Waals surface area contributed by atoms with Crippen molar-refractivity contribution in [1.29, 1.82) is 0 Å². The maximum Gasteiger partial charge on any atom is 0.262 e. The molecule has 0 spiro atoms. The predicted molar refractivity (Wildman–Crippen MR) is 137 cm³/mol. The Morgan fingerprint density at radius 1 is 0.971 bits per heavy atom. The molecule has 0 fully saturated rings. The first-order valence-electron chi connectivity index (χ1n) is 11.4. The van der Waals surface area contributed by atoms with Gasteiger partial charge in [0.05, 0.1) is 11.4 Å². The summed E-state index contributed by atoms with van der Waals surface area (Å²) in [5.74, 6) is 0.356. The fourth-order valence-electron chi connectivity index (χ4n) is 3.76. The Morgan fingerprint density at radius 3 is 2.44 bits per heavy atom. The van der Waals surface area contributed by atoms with Gasteiger partial charge in [0.25, 0.3) is 5.91 Å². The van der Waals surface area contributed by atoms with Crippen LogP contribution in [0.3, 0.4) is 0 Å². The largest absolute Gasteiger partial charge is 0.489 e. The SMILES string of the molecule is CC(C)(C)NCC(O)COc1ccccc1N(C(=O)c1ccccc1)c1cccc2[nH]ccc12. The number of aromatic nitrogens is 1. The van der Waals surface area contributed by atoms with E-state index in [2.05, 4.69) is 10.3 Å². The van der Waals surface area contributed by atoms with Gasteiger partial charge in [-0.3, -0.25) is 9.69 Å². The molecule has 0 bridgehead atoms. The number of fused-ring (bicyclic) bond motifs is 1. The van der Waals surface area contributed by atoms with Crippen molar-refractivity contribution in [2.45, 2.75) is 32.4 Å². The summed E-state index contributed by atoms with van der Waals surface area (Å²) in [7, 11) is 0. The topological polar surface area (TPSA) is 77.6 Å². The molecule has 1 heterocycles. The van der Waals surface area contributed by atoms with Gasteiger partial charge in [0, 0.05) is 34.7 Å². The van der Waals surface area contributed by atoms with Crippen LogP contribution >= 0.6 is 0 Å². The van der Waals surface area contributed by atoms with E-state index in [9.17, 15) is 9.90 Å². The molecule has 1 amide bonds. The molecule has 0 aliphatic rings. The van der Waals surface area contributed by atoms with Gasteiger partial charge in [-0.25, -0.2) is 0 Å². The Balaban J connectivity index is 1.70. The number of carbonyl (C=O) groups is 1. The molecule has 0 aliphatic heterocycles. The summed E-state index contributed by atoms with van der Waals surface area (Å²) < 4.78 is 6.05. The second kappa shape index (κ2) is 10.1. The van der Waals surface area contributed by atoms with Crippen LogP contribution in [0.4, 0.5) is 11.4 Å². The highest BCUT2D eigenvalue weighted by atomic mass is 16.5. The zero-order valence-corrected chi connectivity index (χ0v) is 19.8. The van der Waals surface area contributed by atoms with E-state index in [1.807, 2.05) is 93.7 Å². The summed E-state index contributed by atoms with van der Waals surface area (Å²) in [5.41, 5.74) is 2.76. The number of para-hydroxylation sites is 2. The van der Waals surface area contributed by atoms with Crippen LogP contribution < -0.4 is 15.0 Å². The number of aliphatic hydroxyl groups is 1. The molecule has 176 valence electrons. The molecule has 6 nitrogen and oxygen atoms in total. The lowest BCUT2D eigenvalue weighted by Crippen LogP contribution is -2.42. The minimum atomic E-state index is -0.696. The normalized spacial score (nSPS) is 12.5. The van der Waals surface area contributed by atoms with E-state index in [0.29, 0.717) is 23.5 Å². The second-order valence-corrected chi connectivity index (χ2v) is 9.29. The Labute approximate surface area is 200 Å². The predicted octanol–water partition coefficient (Wildman–Crippen LogP) is 5.27. The standard InChI is InChI=1S/C28H31N3O3/c1-28(2,3)30-18-21(32)19-34-26-15-8-7-13-25(26)31(27(33)20-10-5-4-6-11-20)24-14-9-12-23-22(24)16-17-29-23/h4-17,21,29-30,32H,18-19H2,1-3H3. The summed E-state index contributed by atoms with van der Waals surface area (Å²) >= 11 is 0. The maximum absolute atomic E-state index is 13.8. The van der Waals surface area contributed by atoms with Gasteiger partial charge in [-0.2, -0.15) is 0 Å². The maximum atomic E-state index is 13.8. The number of nitrogens with one attached hydrogen (secondary N) is 2. The van der Waals surface area contributed by atoms with E-state index in [0.717, 1.165) is 16.6 Å². The minimum Gasteiger partial charge on any atom is -0.489 e. The van der Waals surface area contributed by atoms with E-state index < -0.39 is 6.10 Å². The molecule has 1 atom stereocenters. The molecule has 1 aromatic heterocycles. The van der Waals surface area contributed by atoms with Crippen molar-refractivity contribution >= 4 is 28.2 Å². The van der Waals surface area contributed by atoms with Gasteiger partial charge in [0.2, 0.25) is 0 Å². The number of hydrogen-bond donors (Lipinski definition) is 3. The van der Waals surface area contributed by atoms with Crippen LogP contribution in [0.1, 0.15) is 31.1 Å². The number of aromatic amines is 1. The zero-order valence-electron chi connectivity index (χ0n) is 19.8. The number of anilines is 2.